The van der Waals surface area contributed by atoms with Crippen LogP contribution in [-0.4, -0.2) is 32.8 Å². The summed E-state index contributed by atoms with van der Waals surface area (Å²) in [6.45, 7) is 8.08. The Hall–Kier alpha value is 0.400. The van der Waals surface area contributed by atoms with Gasteiger partial charge in [-0.15, -0.1) is 0 Å². The number of quaternary nitrogens is 1. The van der Waals surface area contributed by atoms with E-state index in [0.717, 1.165) is 13.2 Å². The molecule has 0 saturated carbocycles. The molecule has 1 heterocycles. The Morgan fingerprint density at radius 2 is 1.35 bits per heavy atom. The first kappa shape index (κ1) is 17.4. The zero-order valence-electron chi connectivity index (χ0n) is 11.5. The van der Waals surface area contributed by atoms with Crippen LogP contribution in [0.25, 0.3) is 0 Å². The molecule has 1 fully saturated rings. The maximum Gasteiger partial charge on any atom is 0.101 e. The fourth-order valence-electron chi connectivity index (χ4n) is 2.42. The molecule has 1 aliphatic heterocycles. The molecule has 0 bridgehead atoms. The highest BCUT2D eigenvalue weighted by Crippen LogP contribution is 2.07. The molecule has 17 heavy (non-hydrogen) atoms. The Bertz CT molecular complexity index is 149. The van der Waals surface area contributed by atoms with E-state index in [2.05, 4.69) is 6.92 Å². The maximum absolute atomic E-state index is 5.36. The van der Waals surface area contributed by atoms with Crippen molar-refractivity contribution in [2.75, 3.05) is 32.8 Å². The Morgan fingerprint density at radius 1 is 0.824 bits per heavy atom. The van der Waals surface area contributed by atoms with E-state index in [-0.39, 0.29) is 17.0 Å². The molecule has 1 rings (SSSR count). The van der Waals surface area contributed by atoms with Crippen LogP contribution in [0.2, 0.25) is 0 Å². The van der Waals surface area contributed by atoms with E-state index in [1.165, 1.54) is 71.0 Å². The van der Waals surface area contributed by atoms with E-state index >= 15 is 0 Å². The fraction of sp³-hybridized carbons (Fsp3) is 1.00. The molecule has 104 valence electrons. The molecular formula is C14H30BrNO. The van der Waals surface area contributed by atoms with Crippen molar-refractivity contribution < 1.29 is 26.6 Å². The summed E-state index contributed by atoms with van der Waals surface area (Å²) in [5.74, 6) is 0. The third-order valence-corrected chi connectivity index (χ3v) is 3.58. The summed E-state index contributed by atoms with van der Waals surface area (Å²) < 4.78 is 5.36. The van der Waals surface area contributed by atoms with Gasteiger partial charge in [-0.1, -0.05) is 45.4 Å². The first-order valence-corrected chi connectivity index (χ1v) is 7.35. The standard InChI is InChI=1S/C14H29NO.BrH/c1-2-3-4-5-6-7-8-9-10-15-11-13-16-14-12-15;/h2-14H2,1H3;1H. The van der Waals surface area contributed by atoms with Crippen LogP contribution in [-0.2, 0) is 4.74 Å². The molecule has 3 heteroatoms. The second-order valence-electron chi connectivity index (χ2n) is 5.09. The molecule has 0 spiro atoms. The third kappa shape index (κ3) is 10.0. The predicted octanol–water partition coefficient (Wildman–Crippen LogP) is -0.954. The minimum absolute atomic E-state index is 0. The number of halogens is 1. The fourth-order valence-corrected chi connectivity index (χ4v) is 2.42. The van der Waals surface area contributed by atoms with Gasteiger partial charge >= 0.3 is 0 Å². The van der Waals surface area contributed by atoms with Crippen molar-refractivity contribution in [1.82, 2.24) is 0 Å². The van der Waals surface area contributed by atoms with Crippen LogP contribution in [0.3, 0.4) is 0 Å². The van der Waals surface area contributed by atoms with E-state index < -0.39 is 0 Å². The molecule has 0 aromatic carbocycles. The Kier molecular flexibility index (Phi) is 13.1. The van der Waals surface area contributed by atoms with Crippen molar-refractivity contribution in [3.05, 3.63) is 0 Å². The Labute approximate surface area is 118 Å². The summed E-state index contributed by atoms with van der Waals surface area (Å²) in [6.07, 6.45) is 11.5. The molecule has 0 amide bonds. The summed E-state index contributed by atoms with van der Waals surface area (Å²) in [6, 6.07) is 0. The lowest BCUT2D eigenvalue weighted by molar-refractivity contribution is -0.908. The molecule has 1 aliphatic rings. The predicted molar refractivity (Wildman–Crippen MR) is 69.0 cm³/mol. The molecule has 1 N–H and O–H groups in total. The minimum Gasteiger partial charge on any atom is -1.00 e. The minimum atomic E-state index is 0. The summed E-state index contributed by atoms with van der Waals surface area (Å²) in [4.78, 5) is 1.76. The lowest BCUT2D eigenvalue weighted by Crippen LogP contribution is -3.14. The summed E-state index contributed by atoms with van der Waals surface area (Å²) in [5, 5.41) is 0. The SMILES string of the molecule is CCCCCCCCCC[NH+]1CCOCC1.[Br-]. The lowest BCUT2D eigenvalue weighted by Gasteiger charge is -2.23. The quantitative estimate of drug-likeness (QED) is 0.542. The smallest absolute Gasteiger partial charge is 0.101 e. The first-order chi connectivity index (χ1) is 7.93. The van der Waals surface area contributed by atoms with Gasteiger partial charge in [-0.3, -0.25) is 0 Å². The molecular weight excluding hydrogens is 278 g/mol. The number of hydrogen-bond donors (Lipinski definition) is 1. The van der Waals surface area contributed by atoms with Crippen LogP contribution >= 0.6 is 0 Å². The van der Waals surface area contributed by atoms with Crippen molar-refractivity contribution in [2.24, 2.45) is 0 Å². The van der Waals surface area contributed by atoms with Crippen molar-refractivity contribution in [3.63, 3.8) is 0 Å². The van der Waals surface area contributed by atoms with Crippen molar-refractivity contribution in [1.29, 1.82) is 0 Å². The molecule has 0 aromatic rings. The molecule has 0 aromatic heterocycles. The zero-order valence-corrected chi connectivity index (χ0v) is 13.1. The van der Waals surface area contributed by atoms with Gasteiger partial charge in [0.25, 0.3) is 0 Å². The molecule has 0 aliphatic carbocycles. The highest BCUT2D eigenvalue weighted by atomic mass is 79.9. The monoisotopic (exact) mass is 307 g/mol. The van der Waals surface area contributed by atoms with E-state index in [4.69, 9.17) is 4.74 Å². The summed E-state index contributed by atoms with van der Waals surface area (Å²) in [7, 11) is 0. The summed E-state index contributed by atoms with van der Waals surface area (Å²) in [5.41, 5.74) is 0. The summed E-state index contributed by atoms with van der Waals surface area (Å²) >= 11 is 0. The Morgan fingerprint density at radius 3 is 1.94 bits per heavy atom. The van der Waals surface area contributed by atoms with Gasteiger partial charge in [0, 0.05) is 0 Å². The highest BCUT2D eigenvalue weighted by Gasteiger charge is 2.12. The Balaban J connectivity index is 0.00000256. The van der Waals surface area contributed by atoms with Crippen LogP contribution in [0.4, 0.5) is 0 Å². The van der Waals surface area contributed by atoms with Gasteiger partial charge in [0.15, 0.2) is 0 Å². The second-order valence-corrected chi connectivity index (χ2v) is 5.09. The normalized spacial score (nSPS) is 16.8. The van der Waals surface area contributed by atoms with Crippen molar-refractivity contribution >= 4 is 0 Å². The van der Waals surface area contributed by atoms with E-state index in [9.17, 15) is 0 Å². The molecule has 0 unspecified atom stereocenters. The van der Waals surface area contributed by atoms with Gasteiger partial charge in [0.2, 0.25) is 0 Å². The first-order valence-electron chi connectivity index (χ1n) is 7.35. The van der Waals surface area contributed by atoms with Gasteiger partial charge in [0.1, 0.15) is 13.1 Å². The van der Waals surface area contributed by atoms with E-state index in [0.29, 0.717) is 0 Å². The zero-order chi connectivity index (χ0) is 11.5. The van der Waals surface area contributed by atoms with Crippen LogP contribution in [0, 0.1) is 0 Å². The number of hydrogen-bond acceptors (Lipinski definition) is 1. The second kappa shape index (κ2) is 12.8. The number of unbranched alkanes of at least 4 members (excludes halogenated alkanes) is 7. The van der Waals surface area contributed by atoms with Crippen molar-refractivity contribution in [2.45, 2.75) is 58.3 Å². The highest BCUT2D eigenvalue weighted by molar-refractivity contribution is 4.46. The average Bonchev–Trinajstić information content (AvgIpc) is 2.34. The lowest BCUT2D eigenvalue weighted by atomic mass is 10.1. The average molecular weight is 308 g/mol. The van der Waals surface area contributed by atoms with Crippen LogP contribution in [0.15, 0.2) is 0 Å². The van der Waals surface area contributed by atoms with Gasteiger partial charge < -0.3 is 26.6 Å². The van der Waals surface area contributed by atoms with Crippen LogP contribution in [0.5, 0.6) is 0 Å². The largest absolute Gasteiger partial charge is 1.00 e. The third-order valence-electron chi connectivity index (χ3n) is 3.58. The maximum atomic E-state index is 5.36. The van der Waals surface area contributed by atoms with Gasteiger partial charge in [-0.25, -0.2) is 0 Å². The van der Waals surface area contributed by atoms with Crippen molar-refractivity contribution in [3.8, 4) is 0 Å². The number of rotatable bonds is 9. The number of nitrogens with one attached hydrogen (secondary N) is 1. The van der Waals surface area contributed by atoms with Gasteiger partial charge in [0.05, 0.1) is 19.8 Å². The van der Waals surface area contributed by atoms with Crippen LogP contribution < -0.4 is 21.9 Å². The molecule has 1 saturated heterocycles. The molecule has 2 nitrogen and oxygen atoms in total. The number of ether oxygens (including phenoxy) is 1. The molecule has 0 atom stereocenters. The van der Waals surface area contributed by atoms with Crippen LogP contribution in [0.1, 0.15) is 58.3 Å². The van der Waals surface area contributed by atoms with Gasteiger partial charge in [-0.2, -0.15) is 0 Å². The topological polar surface area (TPSA) is 13.7 Å². The number of morpholine rings is 1. The molecule has 0 radical (unpaired) electrons. The van der Waals surface area contributed by atoms with Gasteiger partial charge in [-0.05, 0) is 12.8 Å². The van der Waals surface area contributed by atoms with E-state index in [1.807, 2.05) is 0 Å². The van der Waals surface area contributed by atoms with E-state index in [1.54, 1.807) is 4.90 Å².